The van der Waals surface area contributed by atoms with Crippen molar-refractivity contribution in [3.63, 3.8) is 0 Å². The standard InChI is InChI=1S/C15H18FNO5/c1-15(2,14(20)17-10(8-16)13(18)19)9-3-4-11-12(7-9)22-6-5-21-11/h3-4,7,10H,5-6,8H2,1-2H3,(H,17,20)(H,18,19). The fraction of sp³-hybridized carbons (Fsp3) is 0.467. The minimum Gasteiger partial charge on any atom is -0.486 e. The first-order valence-corrected chi connectivity index (χ1v) is 6.86. The first-order valence-electron chi connectivity index (χ1n) is 6.86. The van der Waals surface area contributed by atoms with Gasteiger partial charge in [-0.2, -0.15) is 0 Å². The Labute approximate surface area is 127 Å². The van der Waals surface area contributed by atoms with E-state index < -0.39 is 30.0 Å². The highest BCUT2D eigenvalue weighted by Crippen LogP contribution is 2.35. The lowest BCUT2D eigenvalue weighted by Gasteiger charge is -2.27. The molecule has 0 aliphatic carbocycles. The van der Waals surface area contributed by atoms with Crippen LogP contribution in [0.2, 0.25) is 0 Å². The monoisotopic (exact) mass is 311 g/mol. The van der Waals surface area contributed by atoms with E-state index in [0.29, 0.717) is 30.3 Å². The number of carbonyl (C=O) groups is 2. The van der Waals surface area contributed by atoms with Crippen LogP contribution >= 0.6 is 0 Å². The molecule has 0 aromatic heterocycles. The number of carboxylic acids is 1. The number of hydrogen-bond acceptors (Lipinski definition) is 4. The third-order valence-electron chi connectivity index (χ3n) is 3.59. The lowest BCUT2D eigenvalue weighted by molar-refractivity contribution is -0.143. The number of rotatable bonds is 5. The van der Waals surface area contributed by atoms with Gasteiger partial charge in [0.25, 0.3) is 0 Å². The number of ether oxygens (including phenoxy) is 2. The molecule has 1 atom stereocenters. The zero-order valence-electron chi connectivity index (χ0n) is 12.4. The maximum atomic E-state index is 12.7. The molecule has 0 fully saturated rings. The summed E-state index contributed by atoms with van der Waals surface area (Å²) in [5.41, 5.74) is -0.420. The van der Waals surface area contributed by atoms with Gasteiger partial charge in [0.1, 0.15) is 19.9 Å². The zero-order valence-corrected chi connectivity index (χ0v) is 12.4. The fourth-order valence-corrected chi connectivity index (χ4v) is 2.07. The fourth-order valence-electron chi connectivity index (χ4n) is 2.07. The maximum absolute atomic E-state index is 12.7. The van der Waals surface area contributed by atoms with Gasteiger partial charge in [0.05, 0.1) is 5.41 Å². The Morgan fingerprint density at radius 1 is 1.32 bits per heavy atom. The van der Waals surface area contributed by atoms with Crippen LogP contribution in [0, 0.1) is 0 Å². The number of alkyl halides is 1. The van der Waals surface area contributed by atoms with E-state index in [1.54, 1.807) is 32.0 Å². The Morgan fingerprint density at radius 3 is 2.55 bits per heavy atom. The molecule has 1 amide bonds. The normalized spacial score (nSPS) is 15.0. The average Bonchev–Trinajstić information content (AvgIpc) is 2.51. The first-order chi connectivity index (χ1) is 10.4. The summed E-state index contributed by atoms with van der Waals surface area (Å²) in [6.45, 7) is 2.98. The third-order valence-corrected chi connectivity index (χ3v) is 3.59. The summed E-state index contributed by atoms with van der Waals surface area (Å²) in [7, 11) is 0. The minimum absolute atomic E-state index is 0.423. The van der Waals surface area contributed by atoms with E-state index in [1.807, 2.05) is 0 Å². The van der Waals surface area contributed by atoms with Crippen LogP contribution in [0.3, 0.4) is 0 Å². The Bertz CT molecular complexity index is 587. The van der Waals surface area contributed by atoms with E-state index in [-0.39, 0.29) is 0 Å². The zero-order chi connectivity index (χ0) is 16.3. The highest BCUT2D eigenvalue weighted by molar-refractivity contribution is 5.91. The molecule has 0 radical (unpaired) electrons. The average molecular weight is 311 g/mol. The van der Waals surface area contributed by atoms with Crippen molar-refractivity contribution in [3.8, 4) is 11.5 Å². The summed E-state index contributed by atoms with van der Waals surface area (Å²) in [5, 5.41) is 11.0. The van der Waals surface area contributed by atoms with Crippen molar-refractivity contribution in [1.82, 2.24) is 5.32 Å². The van der Waals surface area contributed by atoms with Gasteiger partial charge in [-0.15, -0.1) is 0 Å². The summed E-state index contributed by atoms with van der Waals surface area (Å²) >= 11 is 0. The molecule has 2 rings (SSSR count). The highest BCUT2D eigenvalue weighted by Gasteiger charge is 2.34. The quantitative estimate of drug-likeness (QED) is 0.855. The Kier molecular flexibility index (Phi) is 4.54. The van der Waals surface area contributed by atoms with E-state index in [9.17, 15) is 14.0 Å². The number of benzene rings is 1. The van der Waals surface area contributed by atoms with Gasteiger partial charge < -0.3 is 19.9 Å². The Morgan fingerprint density at radius 2 is 1.95 bits per heavy atom. The highest BCUT2D eigenvalue weighted by atomic mass is 19.1. The molecule has 2 N–H and O–H groups in total. The molecule has 1 heterocycles. The largest absolute Gasteiger partial charge is 0.486 e. The molecule has 22 heavy (non-hydrogen) atoms. The Hall–Kier alpha value is -2.31. The number of fused-ring (bicyclic) bond motifs is 1. The molecule has 1 aliphatic heterocycles. The molecule has 0 spiro atoms. The van der Waals surface area contributed by atoms with Crippen LogP contribution in [0.4, 0.5) is 4.39 Å². The van der Waals surface area contributed by atoms with Gasteiger partial charge in [0.2, 0.25) is 5.91 Å². The van der Waals surface area contributed by atoms with Gasteiger partial charge in [-0.25, -0.2) is 9.18 Å². The van der Waals surface area contributed by atoms with Crippen LogP contribution in [-0.2, 0) is 15.0 Å². The van der Waals surface area contributed by atoms with Gasteiger partial charge in [-0.3, -0.25) is 4.79 Å². The van der Waals surface area contributed by atoms with Crippen molar-refractivity contribution in [3.05, 3.63) is 23.8 Å². The second-order valence-electron chi connectivity index (χ2n) is 5.50. The molecular weight excluding hydrogens is 293 g/mol. The van der Waals surface area contributed by atoms with Crippen LogP contribution in [0.25, 0.3) is 0 Å². The van der Waals surface area contributed by atoms with Crippen molar-refractivity contribution in [2.24, 2.45) is 0 Å². The molecule has 6 nitrogen and oxygen atoms in total. The topological polar surface area (TPSA) is 84.9 Å². The van der Waals surface area contributed by atoms with Gasteiger partial charge >= 0.3 is 5.97 Å². The van der Waals surface area contributed by atoms with Crippen molar-refractivity contribution < 1.29 is 28.6 Å². The van der Waals surface area contributed by atoms with Gasteiger partial charge in [0.15, 0.2) is 17.5 Å². The van der Waals surface area contributed by atoms with E-state index in [0.717, 1.165) is 0 Å². The van der Waals surface area contributed by atoms with E-state index in [4.69, 9.17) is 14.6 Å². The summed E-state index contributed by atoms with van der Waals surface area (Å²) in [5.74, 6) is -0.855. The molecule has 0 saturated heterocycles. The van der Waals surface area contributed by atoms with Crippen molar-refractivity contribution in [2.45, 2.75) is 25.3 Å². The predicted octanol–water partition coefficient (Wildman–Crippen LogP) is 1.27. The molecule has 1 aromatic carbocycles. The second kappa shape index (κ2) is 6.21. The number of hydrogen-bond donors (Lipinski definition) is 2. The molecule has 1 unspecified atom stereocenters. The lowest BCUT2D eigenvalue weighted by atomic mass is 9.83. The predicted molar refractivity (Wildman–Crippen MR) is 76.0 cm³/mol. The molecular formula is C15H18FNO5. The van der Waals surface area contributed by atoms with E-state index in [2.05, 4.69) is 5.32 Å². The number of carboxylic acid groups (broad SMARTS) is 1. The molecule has 1 aliphatic rings. The van der Waals surface area contributed by atoms with Crippen LogP contribution in [0.1, 0.15) is 19.4 Å². The SMILES string of the molecule is CC(C)(C(=O)NC(CF)C(=O)O)c1ccc2c(c1)OCCO2. The van der Waals surface area contributed by atoms with Crippen molar-refractivity contribution in [2.75, 3.05) is 19.9 Å². The Balaban J connectivity index is 2.21. The second-order valence-corrected chi connectivity index (χ2v) is 5.50. The molecule has 1 aromatic rings. The lowest BCUT2D eigenvalue weighted by Crippen LogP contribution is -2.49. The summed E-state index contributed by atoms with van der Waals surface area (Å²) in [4.78, 5) is 23.1. The van der Waals surface area contributed by atoms with Gasteiger partial charge in [0, 0.05) is 0 Å². The first kappa shape index (κ1) is 16.1. The van der Waals surface area contributed by atoms with Crippen LogP contribution in [0.15, 0.2) is 18.2 Å². The van der Waals surface area contributed by atoms with Crippen LogP contribution in [0.5, 0.6) is 11.5 Å². The summed E-state index contributed by atoms with van der Waals surface area (Å²) in [6.07, 6.45) is 0. The maximum Gasteiger partial charge on any atom is 0.328 e. The van der Waals surface area contributed by atoms with E-state index in [1.165, 1.54) is 0 Å². The molecule has 120 valence electrons. The van der Waals surface area contributed by atoms with Crippen LogP contribution in [-0.4, -0.2) is 42.9 Å². The van der Waals surface area contributed by atoms with Crippen molar-refractivity contribution in [1.29, 1.82) is 0 Å². The molecule has 0 bridgehead atoms. The number of aliphatic carboxylic acids is 1. The third kappa shape index (κ3) is 3.13. The minimum atomic E-state index is -1.55. The summed E-state index contributed by atoms with van der Waals surface area (Å²) < 4.78 is 23.5. The van der Waals surface area contributed by atoms with Crippen molar-refractivity contribution >= 4 is 11.9 Å². The number of nitrogens with one attached hydrogen (secondary N) is 1. The van der Waals surface area contributed by atoms with Gasteiger partial charge in [-0.1, -0.05) is 6.07 Å². The molecule has 7 heteroatoms. The molecule has 0 saturated carbocycles. The van der Waals surface area contributed by atoms with Gasteiger partial charge in [-0.05, 0) is 31.5 Å². The summed E-state index contributed by atoms with van der Waals surface area (Å²) in [6, 6.07) is 3.53. The number of halogens is 1. The number of amides is 1. The van der Waals surface area contributed by atoms with E-state index >= 15 is 0 Å². The smallest absolute Gasteiger partial charge is 0.328 e. The number of carbonyl (C=O) groups excluding carboxylic acids is 1. The van der Waals surface area contributed by atoms with Crippen LogP contribution < -0.4 is 14.8 Å².